The number of aryl methyl sites for hydroxylation is 1. The van der Waals surface area contributed by atoms with Crippen LogP contribution in [0.3, 0.4) is 0 Å². The van der Waals surface area contributed by atoms with Gasteiger partial charge in [-0.25, -0.2) is 9.98 Å². The Morgan fingerprint density at radius 3 is 2.43 bits per heavy atom. The lowest BCUT2D eigenvalue weighted by Crippen LogP contribution is -2.61. The predicted octanol–water partition coefficient (Wildman–Crippen LogP) is 5.15. The van der Waals surface area contributed by atoms with Crippen LogP contribution < -0.4 is 15.8 Å². The predicted molar refractivity (Wildman–Crippen MR) is 291 cm³/mol. The maximum absolute atomic E-state index is 14.7. The number of aldehydes is 1. The molecule has 0 saturated carbocycles. The number of benzene rings is 1. The van der Waals surface area contributed by atoms with E-state index >= 15 is 0 Å². The summed E-state index contributed by atoms with van der Waals surface area (Å²) >= 11 is 12.9. The summed E-state index contributed by atoms with van der Waals surface area (Å²) in [6.07, 6.45) is 12.2. The molecule has 0 aliphatic carbocycles. The third-order valence-corrected chi connectivity index (χ3v) is 14.1. The van der Waals surface area contributed by atoms with Gasteiger partial charge in [0.2, 0.25) is 24.1 Å². The molecule has 2 fully saturated rings. The lowest BCUT2D eigenvalue weighted by Gasteiger charge is -2.54. The van der Waals surface area contributed by atoms with Crippen molar-refractivity contribution in [2.24, 2.45) is 22.4 Å². The maximum atomic E-state index is 14.7. The van der Waals surface area contributed by atoms with E-state index in [-0.39, 0.29) is 78.6 Å². The highest BCUT2D eigenvalue weighted by atomic mass is 35.5. The third-order valence-electron chi connectivity index (χ3n) is 13.6. The second kappa shape index (κ2) is 26.4. The molecule has 2 atom stereocenters. The number of allylic oxidation sites excluding steroid dienone is 5. The second-order valence-electron chi connectivity index (χ2n) is 18.7. The van der Waals surface area contributed by atoms with Crippen molar-refractivity contribution in [2.75, 3.05) is 86.3 Å². The summed E-state index contributed by atoms with van der Waals surface area (Å²) in [7, 11) is 9.69. The molecule has 21 heteroatoms. The van der Waals surface area contributed by atoms with Crippen molar-refractivity contribution in [3.8, 4) is 11.8 Å². The molecule has 1 spiro atoms. The highest BCUT2D eigenvalue weighted by Crippen LogP contribution is 2.44. The van der Waals surface area contributed by atoms with Crippen LogP contribution in [-0.2, 0) is 42.2 Å². The van der Waals surface area contributed by atoms with Gasteiger partial charge >= 0.3 is 0 Å². The van der Waals surface area contributed by atoms with Gasteiger partial charge in [-0.15, -0.1) is 0 Å². The van der Waals surface area contributed by atoms with Crippen molar-refractivity contribution >= 4 is 77.8 Å². The fourth-order valence-electron chi connectivity index (χ4n) is 9.69. The Morgan fingerprint density at radius 2 is 1.81 bits per heavy atom. The van der Waals surface area contributed by atoms with Crippen LogP contribution in [0.5, 0.6) is 0 Å². The van der Waals surface area contributed by atoms with Crippen molar-refractivity contribution in [1.29, 1.82) is 0 Å². The second-order valence-corrected chi connectivity index (χ2v) is 19.5. The molecule has 1 N–H and O–H groups in total. The Morgan fingerprint density at radius 1 is 1.09 bits per heavy atom. The minimum Gasteiger partial charge on any atom is -0.480 e. The molecule has 5 heterocycles. The molecule has 2 saturated heterocycles. The zero-order chi connectivity index (χ0) is 54.4. The van der Waals surface area contributed by atoms with Crippen LogP contribution in [0.2, 0.25) is 10.0 Å². The number of methoxy groups -OCH3 is 2. The van der Waals surface area contributed by atoms with Gasteiger partial charge in [0.05, 0.1) is 36.5 Å². The van der Waals surface area contributed by atoms with Crippen LogP contribution in [0.4, 0.5) is 5.69 Å². The number of hydrogen-bond acceptors (Lipinski definition) is 13. The van der Waals surface area contributed by atoms with E-state index in [2.05, 4.69) is 45.3 Å². The average molecular weight is 1070 g/mol. The van der Waals surface area contributed by atoms with E-state index in [9.17, 15) is 28.8 Å². The van der Waals surface area contributed by atoms with E-state index in [0.717, 1.165) is 32.2 Å². The van der Waals surface area contributed by atoms with Gasteiger partial charge in [0, 0.05) is 102 Å². The highest BCUT2D eigenvalue weighted by molar-refractivity contribution is 6.31. The van der Waals surface area contributed by atoms with Crippen LogP contribution in [0, 0.1) is 17.3 Å². The number of amides is 4. The van der Waals surface area contributed by atoms with E-state index in [1.165, 1.54) is 54.1 Å². The average Bonchev–Trinajstić information content (AvgIpc) is 3.89. The summed E-state index contributed by atoms with van der Waals surface area (Å²) in [5.41, 5.74) is 2.52. The number of likely N-dealkylation sites (N-methyl/N-ethyl adjacent to an activating group) is 2. The fourth-order valence-corrected chi connectivity index (χ4v) is 10.1. The number of likely N-dealkylation sites (tertiary alicyclic amines) is 2. The van der Waals surface area contributed by atoms with Gasteiger partial charge < -0.3 is 43.4 Å². The largest absolute Gasteiger partial charge is 0.480 e. The Bertz CT molecular complexity index is 2880. The van der Waals surface area contributed by atoms with Crippen LogP contribution in [-0.4, -0.2) is 164 Å². The first-order valence-corrected chi connectivity index (χ1v) is 25.2. The number of aliphatic imine (C=N–C) groups is 2. The summed E-state index contributed by atoms with van der Waals surface area (Å²) in [5, 5.41) is 3.33. The summed E-state index contributed by atoms with van der Waals surface area (Å²) < 4.78 is 14.0. The molecule has 398 valence electrons. The van der Waals surface area contributed by atoms with Gasteiger partial charge in [-0.1, -0.05) is 65.9 Å². The molecule has 3 aliphatic rings. The minimum absolute atomic E-state index is 0.000267. The number of piperidine rings is 1. The van der Waals surface area contributed by atoms with E-state index in [0.29, 0.717) is 71.4 Å². The van der Waals surface area contributed by atoms with Gasteiger partial charge in [-0.2, -0.15) is 0 Å². The van der Waals surface area contributed by atoms with E-state index in [1.807, 2.05) is 34.5 Å². The SMILES string of the molecule is C=C/C=C\C(C#CCN1CCC2(CC1)CN(C(=O)CCCn1c(C(/C=N\COC)=C(/N=C)OC)nc3c1C(c1ccc(Cl)cc1)N(c1cc(Cl)cn(C)c1=O)C3=O)C2)=C(/CN(C=O)C(CCC=O)C(=O)NC)N(C)C. The number of anilines is 1. The first-order chi connectivity index (χ1) is 36.1. The summed E-state index contributed by atoms with van der Waals surface area (Å²) in [6, 6.07) is 6.76. The molecule has 3 aliphatic heterocycles. The Hall–Kier alpha value is -7.11. The number of fused-ring (bicyclic) bond motifs is 1. The molecule has 19 nitrogen and oxygen atoms in total. The molecular weight excluding hydrogens is 1000 g/mol. The Kier molecular flexibility index (Phi) is 20.1. The standard InChI is InChI=1S/C54H65Cl2N11O8/c1-9-10-14-37(44(61(4)5)32-64(36-69)42(16-13-28-68)50(71)57-2)15-11-24-63-26-22-54(23-27-63)33-65(34-54)45(70)17-12-25-66-48-46(60-49(66)41(30-59-35-74-7)51(58-3)75-8)53(73)67(43-29-40(56)31-62(6)52(43)72)47(48)38-18-20-39(55)21-19-38/h9-10,14,18-21,28-31,36,42,47H,1,3,12-13,16-17,22-27,32-35H2,2,4-8H3,(H,57,71)/b14-10-,44-37-,51-41-,59-30-. The van der Waals surface area contributed by atoms with Gasteiger partial charge in [0.15, 0.2) is 5.69 Å². The van der Waals surface area contributed by atoms with Crippen molar-refractivity contribution in [1.82, 2.24) is 39.0 Å². The van der Waals surface area contributed by atoms with Gasteiger partial charge in [-0.05, 0) is 75.3 Å². The lowest BCUT2D eigenvalue weighted by molar-refractivity contribution is -0.146. The van der Waals surface area contributed by atoms with Crippen LogP contribution in [0.1, 0.15) is 72.1 Å². The van der Waals surface area contributed by atoms with Crippen molar-refractivity contribution in [3.63, 3.8) is 0 Å². The van der Waals surface area contributed by atoms with E-state index in [4.69, 9.17) is 37.7 Å². The molecule has 2 aromatic heterocycles. The zero-order valence-corrected chi connectivity index (χ0v) is 44.9. The van der Waals surface area contributed by atoms with Crippen molar-refractivity contribution < 1.29 is 33.4 Å². The lowest BCUT2D eigenvalue weighted by atomic mass is 9.72. The quantitative estimate of drug-likeness (QED) is 0.0410. The number of nitrogens with one attached hydrogen (secondary N) is 1. The number of pyridine rings is 1. The van der Waals surface area contributed by atoms with Crippen LogP contribution in [0.15, 0.2) is 93.3 Å². The number of carbonyl (C=O) groups excluding carboxylic acids is 5. The number of nitrogens with zero attached hydrogens (tertiary/aromatic N) is 10. The molecule has 4 amide bonds. The minimum atomic E-state index is -0.864. The number of imidazole rings is 1. The number of halogens is 2. The number of hydrogen-bond donors (Lipinski definition) is 1. The van der Waals surface area contributed by atoms with E-state index in [1.54, 1.807) is 43.5 Å². The normalized spacial score (nSPS) is 17.1. The first kappa shape index (κ1) is 57.2. The summed E-state index contributed by atoms with van der Waals surface area (Å²) in [5.74, 6) is 6.12. The molecule has 0 radical (unpaired) electrons. The number of rotatable bonds is 24. The Labute approximate surface area is 447 Å². The maximum Gasteiger partial charge on any atom is 0.279 e. The highest BCUT2D eigenvalue weighted by Gasteiger charge is 2.48. The molecule has 1 aromatic carbocycles. The summed E-state index contributed by atoms with van der Waals surface area (Å²) in [4.78, 5) is 101. The van der Waals surface area contributed by atoms with Gasteiger partial charge in [0.1, 0.15) is 36.6 Å². The Balaban J connectivity index is 1.18. The number of ether oxygens (including phenoxy) is 2. The number of aromatic nitrogens is 3. The molecule has 2 unspecified atom stereocenters. The smallest absolute Gasteiger partial charge is 0.279 e. The molecule has 0 bridgehead atoms. The number of carbonyl (C=O) groups is 5. The van der Waals surface area contributed by atoms with Crippen LogP contribution in [0.25, 0.3) is 5.57 Å². The summed E-state index contributed by atoms with van der Waals surface area (Å²) in [6.45, 7) is 11.2. The first-order valence-electron chi connectivity index (χ1n) is 24.4. The van der Waals surface area contributed by atoms with Crippen LogP contribution >= 0.6 is 23.2 Å². The van der Waals surface area contributed by atoms with Crippen molar-refractivity contribution in [3.05, 3.63) is 122 Å². The third kappa shape index (κ3) is 13.2. The molecule has 75 heavy (non-hydrogen) atoms. The molecule has 3 aromatic rings. The fraction of sp³-hybridized carbons (Fsp3) is 0.426. The molecular formula is C54H65Cl2N11O8. The molecule has 6 rings (SSSR count). The topological polar surface area (TPSA) is 197 Å². The zero-order valence-electron chi connectivity index (χ0n) is 43.4. The van der Waals surface area contributed by atoms with Gasteiger partial charge in [0.25, 0.3) is 11.5 Å². The van der Waals surface area contributed by atoms with Gasteiger partial charge in [-0.3, -0.25) is 38.8 Å². The monoisotopic (exact) mass is 1070 g/mol. The van der Waals surface area contributed by atoms with Crippen molar-refractivity contribution in [2.45, 2.75) is 57.2 Å². The van der Waals surface area contributed by atoms with E-state index < -0.39 is 23.6 Å².